The zero-order chi connectivity index (χ0) is 13.0. The number of carbonyl (C=O) groups excluding carboxylic acids is 1. The first-order valence-electron chi connectivity index (χ1n) is 5.34. The first-order valence-corrected chi connectivity index (χ1v) is 5.72. The summed E-state index contributed by atoms with van der Waals surface area (Å²) in [7, 11) is 0. The summed E-state index contributed by atoms with van der Waals surface area (Å²) in [6, 6.07) is 10.8. The molecule has 0 spiro atoms. The minimum absolute atomic E-state index is 0.380. The van der Waals surface area contributed by atoms with Crippen molar-refractivity contribution in [3.63, 3.8) is 0 Å². The maximum absolute atomic E-state index is 10.8. The fourth-order valence-electron chi connectivity index (χ4n) is 1.71. The molecule has 2 rings (SSSR count). The van der Waals surface area contributed by atoms with Gasteiger partial charge in [-0.2, -0.15) is 0 Å². The summed E-state index contributed by atoms with van der Waals surface area (Å²) >= 11 is 5.95. The molecule has 1 aromatic heterocycles. The number of allylic oxidation sites excluding steroid dienone is 1. The summed E-state index contributed by atoms with van der Waals surface area (Å²) in [4.78, 5) is 14.8. The maximum atomic E-state index is 10.8. The molecule has 0 radical (unpaired) electrons. The number of benzene rings is 1. The summed E-state index contributed by atoms with van der Waals surface area (Å²) in [5, 5.41) is 0.603. The van der Waals surface area contributed by atoms with Crippen molar-refractivity contribution in [2.24, 2.45) is 0 Å². The number of hydrogen-bond acceptors (Lipinski definition) is 3. The van der Waals surface area contributed by atoms with Gasteiger partial charge in [-0.1, -0.05) is 23.7 Å². The lowest BCUT2D eigenvalue weighted by Crippen LogP contribution is -1.98. The molecule has 0 aliphatic rings. The predicted octanol–water partition coefficient (Wildman–Crippen LogP) is 2.95. The van der Waals surface area contributed by atoms with Crippen molar-refractivity contribution in [3.05, 3.63) is 64.8 Å². The van der Waals surface area contributed by atoms with Crippen LogP contribution in [0.4, 0.5) is 5.82 Å². The number of nitrogen functional groups attached to an aromatic ring is 1. The zero-order valence-corrected chi connectivity index (χ0v) is 10.3. The number of hydrogen-bond donors (Lipinski definition) is 1. The largest absolute Gasteiger partial charge is 0.383 e. The Hall–Kier alpha value is -2.13. The fourth-order valence-corrected chi connectivity index (χ4v) is 1.90. The number of nitrogens with two attached hydrogens (primary N) is 1. The van der Waals surface area contributed by atoms with Crippen LogP contribution in [0.1, 0.15) is 11.1 Å². The molecule has 0 saturated heterocycles. The standard InChI is InChI=1S/C14H11ClN2O/c15-11-4-1-3-10(9-11)12(6-8-18)13-5-2-7-17-14(13)16/h1-9H,(H2,16,17)/b12-6+. The van der Waals surface area contributed by atoms with Crippen molar-refractivity contribution in [2.75, 3.05) is 5.73 Å². The van der Waals surface area contributed by atoms with Gasteiger partial charge in [0.05, 0.1) is 0 Å². The van der Waals surface area contributed by atoms with Crippen LogP contribution in [-0.4, -0.2) is 11.3 Å². The molecule has 1 heterocycles. The van der Waals surface area contributed by atoms with Crippen LogP contribution in [-0.2, 0) is 4.79 Å². The highest BCUT2D eigenvalue weighted by atomic mass is 35.5. The molecule has 0 atom stereocenters. The van der Waals surface area contributed by atoms with Crippen LogP contribution in [0.15, 0.2) is 48.7 Å². The van der Waals surface area contributed by atoms with Crippen molar-refractivity contribution in [1.82, 2.24) is 4.98 Å². The maximum Gasteiger partial charge on any atom is 0.143 e. The Morgan fingerprint density at radius 2 is 2.11 bits per heavy atom. The van der Waals surface area contributed by atoms with Crippen LogP contribution in [0, 0.1) is 0 Å². The summed E-state index contributed by atoms with van der Waals surface area (Å²) in [6.45, 7) is 0. The van der Waals surface area contributed by atoms with Crippen LogP contribution < -0.4 is 5.73 Å². The number of rotatable bonds is 3. The Morgan fingerprint density at radius 1 is 1.28 bits per heavy atom. The number of carbonyl (C=O) groups is 1. The summed E-state index contributed by atoms with van der Waals surface area (Å²) < 4.78 is 0. The number of aromatic nitrogens is 1. The molecule has 0 bridgehead atoms. The number of nitrogens with zero attached hydrogens (tertiary/aromatic N) is 1. The van der Waals surface area contributed by atoms with Crippen molar-refractivity contribution >= 4 is 29.3 Å². The van der Waals surface area contributed by atoms with Gasteiger partial charge in [-0.3, -0.25) is 4.79 Å². The molecule has 0 aliphatic heterocycles. The topological polar surface area (TPSA) is 56.0 Å². The molecule has 4 heteroatoms. The third kappa shape index (κ3) is 2.57. The quantitative estimate of drug-likeness (QED) is 0.680. The Bertz CT molecular complexity index is 608. The minimum Gasteiger partial charge on any atom is -0.383 e. The average Bonchev–Trinajstić information content (AvgIpc) is 2.37. The van der Waals surface area contributed by atoms with E-state index in [9.17, 15) is 4.79 Å². The van der Waals surface area contributed by atoms with Crippen molar-refractivity contribution in [3.8, 4) is 0 Å². The van der Waals surface area contributed by atoms with E-state index in [1.54, 1.807) is 24.4 Å². The molecule has 0 saturated carbocycles. The Kier molecular flexibility index (Phi) is 3.75. The predicted molar refractivity (Wildman–Crippen MR) is 73.2 cm³/mol. The Labute approximate surface area is 110 Å². The van der Waals surface area contributed by atoms with Gasteiger partial charge < -0.3 is 5.73 Å². The third-order valence-electron chi connectivity index (χ3n) is 2.50. The normalized spacial score (nSPS) is 11.3. The minimum atomic E-state index is 0.380. The number of pyridine rings is 1. The van der Waals surface area contributed by atoms with E-state index in [-0.39, 0.29) is 0 Å². The zero-order valence-electron chi connectivity index (χ0n) is 9.51. The average molecular weight is 259 g/mol. The lowest BCUT2D eigenvalue weighted by molar-refractivity contribution is -0.104. The van der Waals surface area contributed by atoms with Gasteiger partial charge in [0.15, 0.2) is 0 Å². The van der Waals surface area contributed by atoms with Gasteiger partial charge in [0.1, 0.15) is 12.1 Å². The van der Waals surface area contributed by atoms with Gasteiger partial charge >= 0.3 is 0 Å². The van der Waals surface area contributed by atoms with E-state index in [2.05, 4.69) is 4.98 Å². The molecule has 0 aliphatic carbocycles. The Balaban J connectivity index is 2.58. The molecule has 18 heavy (non-hydrogen) atoms. The molecule has 1 aromatic carbocycles. The van der Waals surface area contributed by atoms with Gasteiger partial charge in [-0.05, 0) is 41.5 Å². The molecular formula is C14H11ClN2O. The molecule has 90 valence electrons. The number of halogens is 1. The number of anilines is 1. The van der Waals surface area contributed by atoms with Crippen LogP contribution in [0.2, 0.25) is 5.02 Å². The highest BCUT2D eigenvalue weighted by molar-refractivity contribution is 6.30. The van der Waals surface area contributed by atoms with E-state index < -0.39 is 0 Å². The van der Waals surface area contributed by atoms with E-state index in [4.69, 9.17) is 17.3 Å². The molecular weight excluding hydrogens is 248 g/mol. The van der Waals surface area contributed by atoms with Crippen LogP contribution in [0.5, 0.6) is 0 Å². The summed E-state index contributed by atoms with van der Waals surface area (Å²) in [6.07, 6.45) is 3.79. The highest BCUT2D eigenvalue weighted by Crippen LogP contribution is 2.27. The van der Waals surface area contributed by atoms with Crippen LogP contribution in [0.25, 0.3) is 5.57 Å². The second-order valence-electron chi connectivity index (χ2n) is 3.66. The monoisotopic (exact) mass is 258 g/mol. The van der Waals surface area contributed by atoms with Gasteiger partial charge in [0.2, 0.25) is 0 Å². The molecule has 2 aromatic rings. The smallest absolute Gasteiger partial charge is 0.143 e. The SMILES string of the molecule is Nc1ncccc1/C(=C/C=O)c1cccc(Cl)c1. The molecule has 0 fully saturated rings. The Morgan fingerprint density at radius 3 is 2.78 bits per heavy atom. The molecule has 2 N–H and O–H groups in total. The lowest BCUT2D eigenvalue weighted by atomic mass is 9.98. The second kappa shape index (κ2) is 5.47. The van der Waals surface area contributed by atoms with Crippen LogP contribution >= 0.6 is 11.6 Å². The third-order valence-corrected chi connectivity index (χ3v) is 2.73. The van der Waals surface area contributed by atoms with E-state index in [1.807, 2.05) is 18.2 Å². The molecule has 0 amide bonds. The molecule has 0 unspecified atom stereocenters. The van der Waals surface area contributed by atoms with Crippen LogP contribution in [0.3, 0.4) is 0 Å². The number of aldehydes is 1. The van der Waals surface area contributed by atoms with E-state index in [1.165, 1.54) is 6.08 Å². The van der Waals surface area contributed by atoms with E-state index in [0.29, 0.717) is 22.0 Å². The van der Waals surface area contributed by atoms with Gasteiger partial charge in [-0.15, -0.1) is 0 Å². The van der Waals surface area contributed by atoms with Crippen molar-refractivity contribution in [1.29, 1.82) is 0 Å². The van der Waals surface area contributed by atoms with Crippen molar-refractivity contribution < 1.29 is 4.79 Å². The first kappa shape index (κ1) is 12.3. The lowest BCUT2D eigenvalue weighted by Gasteiger charge is -2.09. The van der Waals surface area contributed by atoms with E-state index in [0.717, 1.165) is 11.8 Å². The van der Waals surface area contributed by atoms with Gasteiger partial charge in [0, 0.05) is 16.8 Å². The summed E-state index contributed by atoms with van der Waals surface area (Å²) in [5.74, 6) is 0.380. The molecule has 3 nitrogen and oxygen atoms in total. The fraction of sp³-hybridized carbons (Fsp3) is 0. The van der Waals surface area contributed by atoms with E-state index >= 15 is 0 Å². The van der Waals surface area contributed by atoms with Gasteiger partial charge in [0.25, 0.3) is 0 Å². The summed E-state index contributed by atoms with van der Waals surface area (Å²) in [5.41, 5.74) is 8.08. The van der Waals surface area contributed by atoms with Crippen molar-refractivity contribution in [2.45, 2.75) is 0 Å². The highest BCUT2D eigenvalue weighted by Gasteiger charge is 2.09. The first-order chi connectivity index (χ1) is 8.72. The van der Waals surface area contributed by atoms with Gasteiger partial charge in [-0.25, -0.2) is 4.98 Å². The second-order valence-corrected chi connectivity index (χ2v) is 4.10.